The average molecular weight is 353 g/mol. The fourth-order valence-electron chi connectivity index (χ4n) is 4.08. The Balaban J connectivity index is 1.51. The first kappa shape index (κ1) is 16.6. The minimum absolute atomic E-state index is 0.00280. The fourth-order valence-corrected chi connectivity index (χ4v) is 5.87. The van der Waals surface area contributed by atoms with Gasteiger partial charge in [0, 0.05) is 35.7 Å². The zero-order valence-corrected chi connectivity index (χ0v) is 15.6. The van der Waals surface area contributed by atoms with E-state index in [9.17, 15) is 4.79 Å². The van der Waals surface area contributed by atoms with Gasteiger partial charge in [-0.05, 0) is 30.0 Å². The maximum absolute atomic E-state index is 12.9. The number of rotatable bonds is 3. The molecule has 130 valence electrons. The number of anilines is 1. The highest BCUT2D eigenvalue weighted by atomic mass is 32.2. The molecule has 1 spiro atoms. The minimum Gasteiger partial charge on any atom is -0.326 e. The number of benzene rings is 1. The molecule has 25 heavy (non-hydrogen) atoms. The largest absolute Gasteiger partial charge is 0.326 e. The van der Waals surface area contributed by atoms with Crippen molar-refractivity contribution in [2.24, 2.45) is 16.8 Å². The molecule has 0 bridgehead atoms. The van der Waals surface area contributed by atoms with Crippen LogP contribution in [-0.4, -0.2) is 22.1 Å². The minimum atomic E-state index is 0.00280. The molecule has 0 radical (unpaired) electrons. The standard InChI is InChI=1S/C21H24N2OS/c1-14(2)15-6-8-16(9-7-15)23-20(24)17-13-25-21-11-4-3-5-19(21)22-12-10-18(17)21/h3-4,6-10,12,14,17-18H,5,11,13H2,1-2H3,(H,23,24). The van der Waals surface area contributed by atoms with Gasteiger partial charge >= 0.3 is 0 Å². The van der Waals surface area contributed by atoms with Crippen LogP contribution in [0.25, 0.3) is 0 Å². The second kappa shape index (κ2) is 6.49. The highest BCUT2D eigenvalue weighted by molar-refractivity contribution is 8.01. The van der Waals surface area contributed by atoms with Gasteiger partial charge in [0.15, 0.2) is 0 Å². The van der Waals surface area contributed by atoms with Crippen LogP contribution in [0.1, 0.15) is 38.2 Å². The van der Waals surface area contributed by atoms with Crippen molar-refractivity contribution in [3.05, 3.63) is 54.3 Å². The summed E-state index contributed by atoms with van der Waals surface area (Å²) in [7, 11) is 0. The van der Waals surface area contributed by atoms with Crippen LogP contribution in [0.2, 0.25) is 0 Å². The molecule has 3 atom stereocenters. The molecule has 2 heterocycles. The lowest BCUT2D eigenvalue weighted by Gasteiger charge is -2.38. The third-order valence-electron chi connectivity index (χ3n) is 5.59. The third kappa shape index (κ3) is 2.86. The number of thioether (sulfide) groups is 1. The molecule has 4 heteroatoms. The van der Waals surface area contributed by atoms with Crippen molar-refractivity contribution in [2.45, 2.75) is 37.4 Å². The summed E-state index contributed by atoms with van der Waals surface area (Å²) in [6, 6.07) is 8.22. The van der Waals surface area contributed by atoms with Gasteiger partial charge in [-0.3, -0.25) is 9.79 Å². The smallest absolute Gasteiger partial charge is 0.228 e. The normalized spacial score (nSPS) is 30.0. The Morgan fingerprint density at radius 2 is 2.08 bits per heavy atom. The number of amides is 1. The zero-order chi connectivity index (χ0) is 17.4. The van der Waals surface area contributed by atoms with Crippen LogP contribution < -0.4 is 5.32 Å². The topological polar surface area (TPSA) is 41.5 Å². The van der Waals surface area contributed by atoms with E-state index in [0.29, 0.717) is 5.92 Å². The molecular weight excluding hydrogens is 328 g/mol. The Hall–Kier alpha value is -1.81. The molecule has 3 aliphatic rings. The summed E-state index contributed by atoms with van der Waals surface area (Å²) in [4.78, 5) is 17.6. The lowest BCUT2D eigenvalue weighted by molar-refractivity contribution is -0.120. The number of aliphatic imine (C=N–C) groups is 1. The van der Waals surface area contributed by atoms with Gasteiger partial charge in [0.2, 0.25) is 5.91 Å². The van der Waals surface area contributed by atoms with E-state index >= 15 is 0 Å². The predicted molar refractivity (Wildman–Crippen MR) is 106 cm³/mol. The van der Waals surface area contributed by atoms with E-state index in [-0.39, 0.29) is 22.5 Å². The zero-order valence-electron chi connectivity index (χ0n) is 14.7. The molecule has 4 rings (SSSR count). The molecular formula is C21H24N2OS. The van der Waals surface area contributed by atoms with Gasteiger partial charge < -0.3 is 5.32 Å². The lowest BCUT2D eigenvalue weighted by Crippen LogP contribution is -2.44. The van der Waals surface area contributed by atoms with Crippen molar-refractivity contribution in [1.82, 2.24) is 0 Å². The first-order valence-corrected chi connectivity index (χ1v) is 10.0. The van der Waals surface area contributed by atoms with Gasteiger partial charge in [-0.2, -0.15) is 0 Å². The van der Waals surface area contributed by atoms with Crippen molar-refractivity contribution in [3.8, 4) is 0 Å². The predicted octanol–water partition coefficient (Wildman–Crippen LogP) is 4.78. The Kier molecular flexibility index (Phi) is 4.32. The second-order valence-corrected chi connectivity index (χ2v) is 8.75. The molecule has 0 saturated carbocycles. The van der Waals surface area contributed by atoms with Crippen LogP contribution in [0.3, 0.4) is 0 Å². The highest BCUT2D eigenvalue weighted by Gasteiger charge is 2.54. The van der Waals surface area contributed by atoms with E-state index in [4.69, 9.17) is 0 Å². The van der Waals surface area contributed by atoms with Crippen LogP contribution in [0.15, 0.2) is 53.7 Å². The molecule has 1 amide bonds. The summed E-state index contributed by atoms with van der Waals surface area (Å²) in [5.41, 5.74) is 3.42. The first-order chi connectivity index (χ1) is 12.1. The lowest BCUT2D eigenvalue weighted by atomic mass is 9.73. The van der Waals surface area contributed by atoms with Gasteiger partial charge in [0.1, 0.15) is 0 Å². The molecule has 1 aromatic rings. The molecule has 0 aromatic heterocycles. The fraction of sp³-hybridized carbons (Fsp3) is 0.429. The second-order valence-electron chi connectivity index (χ2n) is 7.40. The highest BCUT2D eigenvalue weighted by Crippen LogP contribution is 2.53. The summed E-state index contributed by atoms with van der Waals surface area (Å²) in [6.07, 6.45) is 10.4. The van der Waals surface area contributed by atoms with E-state index in [0.717, 1.165) is 24.3 Å². The van der Waals surface area contributed by atoms with Crippen LogP contribution in [0.4, 0.5) is 5.69 Å². The van der Waals surface area contributed by atoms with Crippen molar-refractivity contribution in [2.75, 3.05) is 11.1 Å². The molecule has 2 aliphatic heterocycles. The molecule has 1 fully saturated rings. The number of allylic oxidation sites excluding steroid dienone is 3. The van der Waals surface area contributed by atoms with Gasteiger partial charge in [-0.25, -0.2) is 0 Å². The monoisotopic (exact) mass is 352 g/mol. The Labute approximate surface area is 153 Å². The molecule has 1 saturated heterocycles. The van der Waals surface area contributed by atoms with Crippen LogP contribution in [0, 0.1) is 11.8 Å². The number of nitrogens with one attached hydrogen (secondary N) is 1. The van der Waals surface area contributed by atoms with Crippen molar-refractivity contribution < 1.29 is 4.79 Å². The van der Waals surface area contributed by atoms with Crippen LogP contribution >= 0.6 is 11.8 Å². The summed E-state index contributed by atoms with van der Waals surface area (Å²) in [6.45, 7) is 4.35. The molecule has 3 unspecified atom stereocenters. The number of hydrogen-bond donors (Lipinski definition) is 1. The Morgan fingerprint density at radius 1 is 1.28 bits per heavy atom. The number of nitrogens with zero attached hydrogens (tertiary/aromatic N) is 1. The molecule has 3 nitrogen and oxygen atoms in total. The molecule has 1 N–H and O–H groups in total. The summed E-state index contributed by atoms with van der Waals surface area (Å²) in [5.74, 6) is 1.73. The van der Waals surface area contributed by atoms with Crippen molar-refractivity contribution in [1.29, 1.82) is 0 Å². The summed E-state index contributed by atoms with van der Waals surface area (Å²) >= 11 is 1.92. The van der Waals surface area contributed by atoms with E-state index in [2.05, 4.69) is 54.5 Å². The Morgan fingerprint density at radius 3 is 2.84 bits per heavy atom. The van der Waals surface area contributed by atoms with E-state index < -0.39 is 0 Å². The quantitative estimate of drug-likeness (QED) is 0.795. The van der Waals surface area contributed by atoms with Gasteiger partial charge in [0.05, 0.1) is 10.7 Å². The molecule has 1 aromatic carbocycles. The number of carbonyl (C=O) groups excluding carboxylic acids is 1. The summed E-state index contributed by atoms with van der Waals surface area (Å²) in [5, 5.41) is 3.13. The van der Waals surface area contributed by atoms with Crippen LogP contribution in [0.5, 0.6) is 0 Å². The maximum atomic E-state index is 12.9. The Bertz CT molecular complexity index is 763. The van der Waals surface area contributed by atoms with E-state index in [1.165, 1.54) is 11.3 Å². The van der Waals surface area contributed by atoms with Gasteiger partial charge in [-0.1, -0.05) is 44.2 Å². The van der Waals surface area contributed by atoms with Gasteiger partial charge in [-0.15, -0.1) is 11.8 Å². The SMILES string of the molecule is CC(C)c1ccc(NC(=O)C2CSC34CC=CCC3=NC=CC24)cc1. The maximum Gasteiger partial charge on any atom is 0.228 e. The number of carbonyl (C=O) groups is 1. The average Bonchev–Trinajstić information content (AvgIpc) is 3.00. The first-order valence-electron chi connectivity index (χ1n) is 9.04. The van der Waals surface area contributed by atoms with Crippen molar-refractivity contribution in [3.63, 3.8) is 0 Å². The van der Waals surface area contributed by atoms with E-state index in [1.54, 1.807) is 0 Å². The van der Waals surface area contributed by atoms with Crippen LogP contribution in [-0.2, 0) is 4.79 Å². The summed E-state index contributed by atoms with van der Waals surface area (Å²) < 4.78 is 0.00695. The van der Waals surface area contributed by atoms with Crippen molar-refractivity contribution >= 4 is 29.1 Å². The van der Waals surface area contributed by atoms with Gasteiger partial charge in [0.25, 0.3) is 0 Å². The third-order valence-corrected chi connectivity index (χ3v) is 7.30. The van der Waals surface area contributed by atoms with E-state index in [1.807, 2.05) is 30.1 Å². The number of hydrogen-bond acceptors (Lipinski definition) is 3. The molecule has 1 aliphatic carbocycles.